The number of halogens is 1. The van der Waals surface area contributed by atoms with Crippen LogP contribution in [0.25, 0.3) is 0 Å². The molecule has 0 amide bonds. The van der Waals surface area contributed by atoms with E-state index in [0.29, 0.717) is 0 Å². The Morgan fingerprint density at radius 1 is 1.27 bits per heavy atom. The molecule has 0 radical (unpaired) electrons. The van der Waals surface area contributed by atoms with Crippen molar-refractivity contribution in [2.45, 2.75) is 44.4 Å². The lowest BCUT2D eigenvalue weighted by molar-refractivity contribution is 0.642. The van der Waals surface area contributed by atoms with Crippen LogP contribution in [0.3, 0.4) is 0 Å². The zero-order valence-electron chi connectivity index (χ0n) is 13.1. The average molecular weight is 363 g/mol. The van der Waals surface area contributed by atoms with Crippen LogP contribution in [0.5, 0.6) is 0 Å². The molecule has 4 nitrogen and oxygen atoms in total. The van der Waals surface area contributed by atoms with Gasteiger partial charge in [0.2, 0.25) is 0 Å². The first-order valence-electron chi connectivity index (χ1n) is 8.10. The van der Waals surface area contributed by atoms with E-state index in [1.165, 1.54) is 43.5 Å². The van der Waals surface area contributed by atoms with E-state index >= 15 is 0 Å². The van der Waals surface area contributed by atoms with Crippen molar-refractivity contribution >= 4 is 21.7 Å². The van der Waals surface area contributed by atoms with E-state index in [9.17, 15) is 0 Å². The third-order valence-electron chi connectivity index (χ3n) is 4.13. The summed E-state index contributed by atoms with van der Waals surface area (Å²) in [5.74, 6) is 1.69. The average Bonchev–Trinajstić information content (AvgIpc) is 3.28. The van der Waals surface area contributed by atoms with E-state index in [2.05, 4.69) is 49.1 Å². The van der Waals surface area contributed by atoms with Gasteiger partial charge in [0.15, 0.2) is 0 Å². The Morgan fingerprint density at radius 3 is 2.91 bits per heavy atom. The summed E-state index contributed by atoms with van der Waals surface area (Å²) in [4.78, 5) is 4.29. The molecular weight excluding hydrogens is 340 g/mol. The molecule has 1 aliphatic carbocycles. The number of hydrogen-bond donors (Lipinski definition) is 1. The predicted octanol–water partition coefficient (Wildman–Crippen LogP) is 4.28. The third-order valence-corrected chi connectivity index (χ3v) is 4.62. The van der Waals surface area contributed by atoms with Crippen LogP contribution in [-0.2, 0) is 13.5 Å². The largest absolute Gasteiger partial charge is 0.370 e. The highest BCUT2D eigenvalue weighted by molar-refractivity contribution is 9.10. The summed E-state index contributed by atoms with van der Waals surface area (Å²) >= 11 is 3.46. The fourth-order valence-corrected chi connectivity index (χ4v) is 3.00. The smallest absolute Gasteiger partial charge is 0.127 e. The summed E-state index contributed by atoms with van der Waals surface area (Å²) in [6, 6.07) is 6.26. The molecule has 2 heterocycles. The van der Waals surface area contributed by atoms with Crippen molar-refractivity contribution < 1.29 is 0 Å². The molecule has 1 saturated carbocycles. The van der Waals surface area contributed by atoms with Gasteiger partial charge in [0.05, 0.1) is 5.69 Å². The van der Waals surface area contributed by atoms with Crippen LogP contribution >= 0.6 is 15.9 Å². The number of aromatic nitrogens is 3. The van der Waals surface area contributed by atoms with Gasteiger partial charge in [-0.2, -0.15) is 5.10 Å². The predicted molar refractivity (Wildman–Crippen MR) is 93.2 cm³/mol. The Kier molecular flexibility index (Phi) is 5.13. The standard InChI is InChI=1S/C17H23BrN4/c1-22-15(12-16(21-22)13-6-7-13)5-3-2-4-9-19-17-11-14(18)8-10-20-17/h8,10-13H,2-7,9H2,1H3,(H,19,20). The Labute approximate surface area is 140 Å². The van der Waals surface area contributed by atoms with Crippen LogP contribution in [-0.4, -0.2) is 21.3 Å². The molecule has 0 bridgehead atoms. The molecule has 2 aromatic rings. The molecule has 0 atom stereocenters. The minimum Gasteiger partial charge on any atom is -0.370 e. The van der Waals surface area contributed by atoms with Crippen LogP contribution in [0.4, 0.5) is 5.82 Å². The Balaban J connectivity index is 1.33. The molecule has 1 aliphatic rings. The van der Waals surface area contributed by atoms with Crippen molar-refractivity contribution in [3.8, 4) is 0 Å². The van der Waals surface area contributed by atoms with Crippen molar-refractivity contribution in [3.63, 3.8) is 0 Å². The lowest BCUT2D eigenvalue weighted by Crippen LogP contribution is -2.03. The van der Waals surface area contributed by atoms with Gasteiger partial charge in [-0.1, -0.05) is 22.4 Å². The van der Waals surface area contributed by atoms with Crippen LogP contribution < -0.4 is 5.32 Å². The Morgan fingerprint density at radius 2 is 2.14 bits per heavy atom. The van der Waals surface area contributed by atoms with Gasteiger partial charge in [0, 0.05) is 35.9 Å². The summed E-state index contributed by atoms with van der Waals surface area (Å²) in [5, 5.41) is 7.99. The summed E-state index contributed by atoms with van der Waals surface area (Å²) in [7, 11) is 2.07. The second-order valence-electron chi connectivity index (χ2n) is 6.06. The number of anilines is 1. The molecule has 1 N–H and O–H groups in total. The molecule has 2 aromatic heterocycles. The van der Waals surface area contributed by atoms with E-state index in [0.717, 1.165) is 29.2 Å². The van der Waals surface area contributed by atoms with Crippen LogP contribution in [0.2, 0.25) is 0 Å². The molecular formula is C17H23BrN4. The molecule has 0 spiro atoms. The number of hydrogen-bond acceptors (Lipinski definition) is 3. The minimum absolute atomic E-state index is 0.752. The number of nitrogens with zero attached hydrogens (tertiary/aromatic N) is 3. The first-order chi connectivity index (χ1) is 10.7. The van der Waals surface area contributed by atoms with Crippen molar-refractivity contribution in [1.29, 1.82) is 0 Å². The normalized spacial score (nSPS) is 14.3. The lowest BCUT2D eigenvalue weighted by atomic mass is 10.1. The number of pyridine rings is 1. The van der Waals surface area contributed by atoms with Crippen LogP contribution in [0.1, 0.15) is 49.4 Å². The number of nitrogens with one attached hydrogen (secondary N) is 1. The molecule has 0 saturated heterocycles. The van der Waals surface area contributed by atoms with Gasteiger partial charge in [-0.3, -0.25) is 4.68 Å². The van der Waals surface area contributed by atoms with Gasteiger partial charge >= 0.3 is 0 Å². The van der Waals surface area contributed by atoms with Gasteiger partial charge in [0.1, 0.15) is 5.82 Å². The number of rotatable bonds is 8. The third kappa shape index (κ3) is 4.32. The van der Waals surface area contributed by atoms with E-state index < -0.39 is 0 Å². The molecule has 1 fully saturated rings. The van der Waals surface area contributed by atoms with Crippen molar-refractivity contribution in [3.05, 3.63) is 40.3 Å². The van der Waals surface area contributed by atoms with Crippen molar-refractivity contribution in [1.82, 2.24) is 14.8 Å². The zero-order chi connectivity index (χ0) is 15.4. The SMILES string of the molecule is Cn1nc(C2CC2)cc1CCCCCNc1cc(Br)ccn1. The quantitative estimate of drug-likeness (QED) is 0.712. The maximum Gasteiger partial charge on any atom is 0.127 e. The van der Waals surface area contributed by atoms with E-state index in [1.807, 2.05) is 18.3 Å². The topological polar surface area (TPSA) is 42.7 Å². The highest BCUT2D eigenvalue weighted by atomic mass is 79.9. The van der Waals surface area contributed by atoms with Gasteiger partial charge in [0.25, 0.3) is 0 Å². The molecule has 118 valence electrons. The van der Waals surface area contributed by atoms with Gasteiger partial charge in [-0.15, -0.1) is 0 Å². The first kappa shape index (κ1) is 15.5. The van der Waals surface area contributed by atoms with Gasteiger partial charge < -0.3 is 5.32 Å². The second-order valence-corrected chi connectivity index (χ2v) is 6.97. The monoisotopic (exact) mass is 362 g/mol. The lowest BCUT2D eigenvalue weighted by Gasteiger charge is -2.06. The molecule has 0 aromatic carbocycles. The van der Waals surface area contributed by atoms with Crippen molar-refractivity contribution in [2.24, 2.45) is 7.05 Å². The molecule has 0 aliphatic heterocycles. The summed E-state index contributed by atoms with van der Waals surface area (Å²) in [6.45, 7) is 0.974. The fraction of sp³-hybridized carbons (Fsp3) is 0.529. The van der Waals surface area contributed by atoms with E-state index in [-0.39, 0.29) is 0 Å². The van der Waals surface area contributed by atoms with Crippen molar-refractivity contribution in [2.75, 3.05) is 11.9 Å². The molecule has 0 unspecified atom stereocenters. The first-order valence-corrected chi connectivity index (χ1v) is 8.90. The van der Waals surface area contributed by atoms with Gasteiger partial charge in [-0.25, -0.2) is 4.98 Å². The maximum atomic E-state index is 4.63. The Hall–Kier alpha value is -1.36. The van der Waals surface area contributed by atoms with E-state index in [1.54, 1.807) is 0 Å². The highest BCUT2D eigenvalue weighted by Gasteiger charge is 2.26. The van der Waals surface area contributed by atoms with Gasteiger partial charge in [-0.05, 0) is 50.3 Å². The van der Waals surface area contributed by atoms with E-state index in [4.69, 9.17) is 0 Å². The summed E-state index contributed by atoms with van der Waals surface area (Å²) in [6.07, 6.45) is 9.21. The fourth-order valence-electron chi connectivity index (χ4n) is 2.67. The summed E-state index contributed by atoms with van der Waals surface area (Å²) < 4.78 is 3.13. The molecule has 22 heavy (non-hydrogen) atoms. The summed E-state index contributed by atoms with van der Waals surface area (Å²) in [5.41, 5.74) is 2.68. The van der Waals surface area contributed by atoms with Crippen LogP contribution in [0.15, 0.2) is 28.9 Å². The zero-order valence-corrected chi connectivity index (χ0v) is 14.6. The molecule has 3 rings (SSSR count). The number of unbranched alkanes of at least 4 members (excludes halogenated alkanes) is 2. The number of aryl methyl sites for hydroxylation is 2. The minimum atomic E-state index is 0.752. The maximum absolute atomic E-state index is 4.63. The second kappa shape index (κ2) is 7.27. The highest BCUT2D eigenvalue weighted by Crippen LogP contribution is 2.39. The Bertz CT molecular complexity index is 619. The molecule has 5 heteroatoms. The van der Waals surface area contributed by atoms with Crippen LogP contribution in [0, 0.1) is 0 Å².